The minimum absolute atomic E-state index is 0.243. The van der Waals surface area contributed by atoms with E-state index in [0.717, 1.165) is 13.0 Å². The number of nitrogens with one attached hydrogen (secondary N) is 1. The van der Waals surface area contributed by atoms with Crippen LogP contribution >= 0.6 is 0 Å². The van der Waals surface area contributed by atoms with Gasteiger partial charge in [0.2, 0.25) is 0 Å². The van der Waals surface area contributed by atoms with Crippen LogP contribution < -0.4 is 5.32 Å². The molecule has 102 valence electrons. The third kappa shape index (κ3) is 2.10. The van der Waals surface area contributed by atoms with E-state index in [0.29, 0.717) is 12.1 Å². The summed E-state index contributed by atoms with van der Waals surface area (Å²) in [6.45, 7) is 9.87. The zero-order chi connectivity index (χ0) is 13.5. The summed E-state index contributed by atoms with van der Waals surface area (Å²) in [6.07, 6.45) is 1.52. The number of rotatable bonds is 4. The molecule has 0 amide bonds. The van der Waals surface area contributed by atoms with Gasteiger partial charge in [0.25, 0.3) is 0 Å². The Morgan fingerprint density at radius 2 is 2.11 bits per heavy atom. The molecular formula is C15H26N2O. The third-order valence-corrected chi connectivity index (χ3v) is 4.88. The second-order valence-electron chi connectivity index (χ2n) is 6.17. The quantitative estimate of drug-likeness (QED) is 0.889. The average Bonchev–Trinajstić information content (AvgIpc) is 2.56. The molecule has 1 aromatic rings. The fourth-order valence-electron chi connectivity index (χ4n) is 2.98. The van der Waals surface area contributed by atoms with Gasteiger partial charge in [0.15, 0.2) is 0 Å². The second kappa shape index (κ2) is 4.71. The maximum Gasteiger partial charge on any atom is 0.0652 e. The third-order valence-electron chi connectivity index (χ3n) is 4.88. The van der Waals surface area contributed by atoms with E-state index in [2.05, 4.69) is 50.7 Å². The van der Waals surface area contributed by atoms with Crippen molar-refractivity contribution in [3.05, 3.63) is 23.0 Å². The van der Waals surface area contributed by atoms with Gasteiger partial charge in [0, 0.05) is 43.5 Å². The fourth-order valence-corrected chi connectivity index (χ4v) is 2.98. The molecule has 3 nitrogen and oxygen atoms in total. The van der Waals surface area contributed by atoms with Crippen molar-refractivity contribution in [2.75, 3.05) is 7.11 Å². The number of aryl methyl sites for hydroxylation is 1. The lowest BCUT2D eigenvalue weighted by Gasteiger charge is -2.51. The maximum atomic E-state index is 5.49. The highest BCUT2D eigenvalue weighted by atomic mass is 16.5. The van der Waals surface area contributed by atoms with Gasteiger partial charge < -0.3 is 14.6 Å². The smallest absolute Gasteiger partial charge is 0.0652 e. The van der Waals surface area contributed by atoms with Gasteiger partial charge >= 0.3 is 0 Å². The molecule has 3 heteroatoms. The van der Waals surface area contributed by atoms with E-state index >= 15 is 0 Å². The van der Waals surface area contributed by atoms with Crippen molar-refractivity contribution in [2.45, 2.75) is 52.8 Å². The van der Waals surface area contributed by atoms with Crippen molar-refractivity contribution in [3.63, 3.8) is 0 Å². The molecule has 1 saturated carbocycles. The summed E-state index contributed by atoms with van der Waals surface area (Å²) in [5, 5.41) is 3.68. The summed E-state index contributed by atoms with van der Waals surface area (Å²) < 4.78 is 7.74. The molecule has 2 atom stereocenters. The summed E-state index contributed by atoms with van der Waals surface area (Å²) in [5.41, 5.74) is 4.34. The number of nitrogens with zero attached hydrogens (tertiary/aromatic N) is 1. The Labute approximate surface area is 111 Å². The van der Waals surface area contributed by atoms with Crippen molar-refractivity contribution in [3.8, 4) is 0 Å². The number of aromatic nitrogens is 1. The number of methoxy groups -OCH3 is 1. The van der Waals surface area contributed by atoms with Crippen molar-refractivity contribution >= 4 is 0 Å². The molecular weight excluding hydrogens is 224 g/mol. The van der Waals surface area contributed by atoms with E-state index in [4.69, 9.17) is 4.74 Å². The predicted octanol–water partition coefficient (Wildman–Crippen LogP) is 2.55. The van der Waals surface area contributed by atoms with E-state index in [-0.39, 0.29) is 5.41 Å². The van der Waals surface area contributed by atoms with Crippen molar-refractivity contribution in [1.29, 1.82) is 0 Å². The van der Waals surface area contributed by atoms with Crippen LogP contribution in [0.25, 0.3) is 0 Å². The molecule has 2 rings (SSSR count). The van der Waals surface area contributed by atoms with E-state index < -0.39 is 0 Å². The van der Waals surface area contributed by atoms with Gasteiger partial charge in [-0.15, -0.1) is 0 Å². The molecule has 18 heavy (non-hydrogen) atoms. The van der Waals surface area contributed by atoms with Gasteiger partial charge in [0.1, 0.15) is 0 Å². The summed E-state index contributed by atoms with van der Waals surface area (Å²) in [7, 11) is 3.94. The molecule has 1 aliphatic carbocycles. The van der Waals surface area contributed by atoms with Crippen LogP contribution in [-0.2, 0) is 18.3 Å². The standard InChI is InChI=1S/C15H26N2O/c1-10-7-12(11(2)17(10)5)9-16-13-8-14(18-6)15(13,3)4/h7,13-14,16H,8-9H2,1-6H3. The van der Waals surface area contributed by atoms with Gasteiger partial charge in [-0.05, 0) is 31.9 Å². The van der Waals surface area contributed by atoms with Crippen LogP contribution in [0.3, 0.4) is 0 Å². The van der Waals surface area contributed by atoms with Crippen LogP contribution in [0.1, 0.15) is 37.2 Å². The zero-order valence-corrected chi connectivity index (χ0v) is 12.5. The molecule has 0 radical (unpaired) electrons. The fraction of sp³-hybridized carbons (Fsp3) is 0.733. The monoisotopic (exact) mass is 250 g/mol. The zero-order valence-electron chi connectivity index (χ0n) is 12.5. The van der Waals surface area contributed by atoms with Crippen LogP contribution in [0.5, 0.6) is 0 Å². The SMILES string of the molecule is COC1CC(NCc2cc(C)n(C)c2C)C1(C)C. The number of hydrogen-bond donors (Lipinski definition) is 1. The van der Waals surface area contributed by atoms with Crippen molar-refractivity contribution in [2.24, 2.45) is 12.5 Å². The molecule has 1 heterocycles. The highest BCUT2D eigenvalue weighted by Crippen LogP contribution is 2.42. The first kappa shape index (κ1) is 13.6. The Balaban J connectivity index is 1.95. The lowest BCUT2D eigenvalue weighted by molar-refractivity contribution is -0.0979. The molecule has 2 unspecified atom stereocenters. The molecule has 1 aliphatic rings. The molecule has 0 aromatic carbocycles. The predicted molar refractivity (Wildman–Crippen MR) is 74.7 cm³/mol. The Morgan fingerprint density at radius 1 is 1.44 bits per heavy atom. The molecule has 1 N–H and O–H groups in total. The Bertz CT molecular complexity index is 434. The Kier molecular flexibility index (Phi) is 3.56. The maximum absolute atomic E-state index is 5.49. The van der Waals surface area contributed by atoms with Crippen LogP contribution in [0, 0.1) is 19.3 Å². The van der Waals surface area contributed by atoms with E-state index in [9.17, 15) is 0 Å². The second-order valence-corrected chi connectivity index (χ2v) is 6.17. The average molecular weight is 250 g/mol. The highest BCUT2D eigenvalue weighted by Gasteiger charge is 2.48. The van der Waals surface area contributed by atoms with Crippen LogP contribution in [0.2, 0.25) is 0 Å². The van der Waals surface area contributed by atoms with Gasteiger partial charge in [-0.25, -0.2) is 0 Å². The molecule has 0 spiro atoms. The summed E-state index contributed by atoms with van der Waals surface area (Å²) in [5.74, 6) is 0. The van der Waals surface area contributed by atoms with E-state index in [1.807, 2.05) is 7.11 Å². The molecule has 0 aliphatic heterocycles. The molecule has 0 saturated heterocycles. The van der Waals surface area contributed by atoms with Crippen molar-refractivity contribution in [1.82, 2.24) is 9.88 Å². The normalized spacial score (nSPS) is 26.1. The Hall–Kier alpha value is -0.800. The first-order valence-electron chi connectivity index (χ1n) is 6.76. The van der Waals surface area contributed by atoms with Crippen molar-refractivity contribution < 1.29 is 4.74 Å². The minimum Gasteiger partial charge on any atom is -0.381 e. The minimum atomic E-state index is 0.243. The summed E-state index contributed by atoms with van der Waals surface area (Å²) in [4.78, 5) is 0. The summed E-state index contributed by atoms with van der Waals surface area (Å²) >= 11 is 0. The number of ether oxygens (including phenoxy) is 1. The Morgan fingerprint density at radius 3 is 2.56 bits per heavy atom. The molecule has 0 bridgehead atoms. The van der Waals surface area contributed by atoms with Crippen LogP contribution in [-0.4, -0.2) is 23.8 Å². The molecule has 1 aromatic heterocycles. The van der Waals surface area contributed by atoms with Gasteiger partial charge in [-0.1, -0.05) is 13.8 Å². The van der Waals surface area contributed by atoms with Crippen LogP contribution in [0.15, 0.2) is 6.07 Å². The highest BCUT2D eigenvalue weighted by molar-refractivity contribution is 5.26. The van der Waals surface area contributed by atoms with E-state index in [1.165, 1.54) is 17.0 Å². The number of hydrogen-bond acceptors (Lipinski definition) is 2. The lowest BCUT2D eigenvalue weighted by Crippen LogP contribution is -2.60. The summed E-state index contributed by atoms with van der Waals surface area (Å²) in [6, 6.07) is 2.84. The van der Waals surface area contributed by atoms with Gasteiger partial charge in [-0.2, -0.15) is 0 Å². The van der Waals surface area contributed by atoms with E-state index in [1.54, 1.807) is 0 Å². The largest absolute Gasteiger partial charge is 0.381 e. The lowest BCUT2D eigenvalue weighted by atomic mass is 9.64. The first-order valence-corrected chi connectivity index (χ1v) is 6.76. The van der Waals surface area contributed by atoms with Crippen LogP contribution in [0.4, 0.5) is 0 Å². The topological polar surface area (TPSA) is 26.2 Å². The molecule has 1 fully saturated rings. The van der Waals surface area contributed by atoms with Gasteiger partial charge in [0.05, 0.1) is 6.10 Å². The first-order chi connectivity index (χ1) is 8.37. The van der Waals surface area contributed by atoms with Gasteiger partial charge in [-0.3, -0.25) is 0 Å².